The second kappa shape index (κ2) is 6.17. The molecular formula is C14H20N4O4. The summed E-state index contributed by atoms with van der Waals surface area (Å²) >= 11 is 0. The highest BCUT2D eigenvalue weighted by Crippen LogP contribution is 2.12. The van der Waals surface area contributed by atoms with Crippen LogP contribution in [0.25, 0.3) is 11.2 Å². The molecule has 0 saturated heterocycles. The van der Waals surface area contributed by atoms with Crippen LogP contribution in [0.3, 0.4) is 0 Å². The van der Waals surface area contributed by atoms with Crippen LogP contribution in [0.5, 0.6) is 0 Å². The van der Waals surface area contributed by atoms with Crippen molar-refractivity contribution in [2.24, 2.45) is 14.1 Å². The number of carboxylic acids is 1. The molecule has 8 heteroatoms. The predicted octanol–water partition coefficient (Wildman–Crippen LogP) is 0.251. The molecule has 2 aromatic heterocycles. The van der Waals surface area contributed by atoms with E-state index in [-0.39, 0.29) is 17.7 Å². The van der Waals surface area contributed by atoms with Crippen LogP contribution in [-0.4, -0.2) is 29.8 Å². The molecule has 2 heterocycles. The summed E-state index contributed by atoms with van der Waals surface area (Å²) < 4.78 is 4.24. The number of carboxylic acid groups (broad SMARTS) is 1. The fourth-order valence-corrected chi connectivity index (χ4v) is 2.52. The van der Waals surface area contributed by atoms with Crippen LogP contribution in [0, 0.1) is 0 Å². The van der Waals surface area contributed by atoms with Gasteiger partial charge in [0.1, 0.15) is 5.82 Å². The van der Waals surface area contributed by atoms with E-state index >= 15 is 0 Å². The van der Waals surface area contributed by atoms with E-state index in [2.05, 4.69) is 4.98 Å². The van der Waals surface area contributed by atoms with Crippen molar-refractivity contribution in [3.05, 3.63) is 26.7 Å². The van der Waals surface area contributed by atoms with E-state index in [4.69, 9.17) is 5.11 Å². The molecule has 0 aliphatic carbocycles. The van der Waals surface area contributed by atoms with Crippen molar-refractivity contribution in [1.82, 2.24) is 18.7 Å². The van der Waals surface area contributed by atoms with Gasteiger partial charge in [0.2, 0.25) is 0 Å². The van der Waals surface area contributed by atoms with E-state index in [1.807, 2.05) is 6.92 Å². The molecule has 0 amide bonds. The molecule has 0 atom stereocenters. The molecule has 0 aromatic carbocycles. The third-order valence-electron chi connectivity index (χ3n) is 3.69. The minimum atomic E-state index is -0.863. The van der Waals surface area contributed by atoms with Crippen LogP contribution in [0.15, 0.2) is 9.59 Å². The second-order valence-corrected chi connectivity index (χ2v) is 5.30. The molecular weight excluding hydrogens is 288 g/mol. The lowest BCUT2D eigenvalue weighted by molar-refractivity contribution is -0.137. The summed E-state index contributed by atoms with van der Waals surface area (Å²) in [5.74, 6) is -0.249. The monoisotopic (exact) mass is 308 g/mol. The Bertz CT molecular complexity index is 828. The summed E-state index contributed by atoms with van der Waals surface area (Å²) in [6.07, 6.45) is 1.67. The molecule has 0 aliphatic heterocycles. The number of rotatable bonds is 6. The molecule has 0 unspecified atom stereocenters. The minimum absolute atomic E-state index is 0.0446. The van der Waals surface area contributed by atoms with Crippen molar-refractivity contribution in [1.29, 1.82) is 0 Å². The quantitative estimate of drug-likeness (QED) is 0.824. The van der Waals surface area contributed by atoms with Crippen molar-refractivity contribution in [3.63, 3.8) is 0 Å². The summed E-state index contributed by atoms with van der Waals surface area (Å²) in [4.78, 5) is 39.5. The van der Waals surface area contributed by atoms with Gasteiger partial charge in [-0.2, -0.15) is 0 Å². The van der Waals surface area contributed by atoms with Crippen molar-refractivity contribution in [3.8, 4) is 0 Å². The fraction of sp³-hybridized carbons (Fsp3) is 0.571. The number of imidazole rings is 1. The molecule has 2 rings (SSSR count). The zero-order valence-electron chi connectivity index (χ0n) is 13.0. The Morgan fingerprint density at radius 1 is 1.23 bits per heavy atom. The van der Waals surface area contributed by atoms with Crippen molar-refractivity contribution in [2.45, 2.75) is 39.2 Å². The third-order valence-corrected chi connectivity index (χ3v) is 3.69. The molecule has 2 aromatic rings. The Hall–Kier alpha value is -2.38. The Labute approximate surface area is 126 Å². The summed E-state index contributed by atoms with van der Waals surface area (Å²) in [7, 11) is 3.17. The van der Waals surface area contributed by atoms with Gasteiger partial charge in [0.15, 0.2) is 11.2 Å². The van der Waals surface area contributed by atoms with E-state index in [1.54, 1.807) is 11.6 Å². The van der Waals surface area contributed by atoms with E-state index in [1.165, 1.54) is 11.6 Å². The average molecular weight is 308 g/mol. The summed E-state index contributed by atoms with van der Waals surface area (Å²) in [5, 5.41) is 8.71. The molecule has 0 spiro atoms. The highest BCUT2D eigenvalue weighted by Gasteiger charge is 2.18. The van der Waals surface area contributed by atoms with Crippen LogP contribution in [-0.2, 0) is 31.9 Å². The lowest BCUT2D eigenvalue weighted by atomic mass is 10.2. The maximum absolute atomic E-state index is 12.3. The number of aromatic nitrogens is 4. The highest BCUT2D eigenvalue weighted by molar-refractivity contribution is 5.71. The Kier molecular flexibility index (Phi) is 4.48. The highest BCUT2D eigenvalue weighted by atomic mass is 16.4. The first-order valence-corrected chi connectivity index (χ1v) is 7.25. The minimum Gasteiger partial charge on any atom is -0.481 e. The molecule has 22 heavy (non-hydrogen) atoms. The number of aryl methyl sites for hydroxylation is 3. The van der Waals surface area contributed by atoms with Crippen molar-refractivity contribution in [2.75, 3.05) is 0 Å². The fourth-order valence-electron chi connectivity index (χ4n) is 2.52. The van der Waals surface area contributed by atoms with Crippen LogP contribution < -0.4 is 11.2 Å². The van der Waals surface area contributed by atoms with E-state index in [0.29, 0.717) is 36.4 Å². The van der Waals surface area contributed by atoms with Gasteiger partial charge in [-0.15, -0.1) is 0 Å². The normalized spacial score (nSPS) is 11.2. The molecule has 0 bridgehead atoms. The Balaban J connectivity index is 2.59. The van der Waals surface area contributed by atoms with Gasteiger partial charge in [0.05, 0.1) is 0 Å². The number of hydrogen-bond donors (Lipinski definition) is 1. The van der Waals surface area contributed by atoms with Crippen molar-refractivity contribution >= 4 is 17.1 Å². The summed E-state index contributed by atoms with van der Waals surface area (Å²) in [6.45, 7) is 2.43. The lowest BCUT2D eigenvalue weighted by Crippen LogP contribution is -2.38. The lowest BCUT2D eigenvalue weighted by Gasteiger charge is -2.07. The molecule has 0 radical (unpaired) electrons. The van der Waals surface area contributed by atoms with Gasteiger partial charge in [-0.3, -0.25) is 18.7 Å². The van der Waals surface area contributed by atoms with Gasteiger partial charge >= 0.3 is 11.7 Å². The molecule has 0 aliphatic rings. The molecule has 1 N–H and O–H groups in total. The van der Waals surface area contributed by atoms with Crippen LogP contribution in [0.1, 0.15) is 32.0 Å². The van der Waals surface area contributed by atoms with Gasteiger partial charge in [-0.1, -0.05) is 6.92 Å². The molecule has 0 saturated carbocycles. The van der Waals surface area contributed by atoms with Crippen LogP contribution in [0.4, 0.5) is 0 Å². The van der Waals surface area contributed by atoms with E-state index < -0.39 is 5.97 Å². The van der Waals surface area contributed by atoms with Gasteiger partial charge in [0, 0.05) is 33.5 Å². The summed E-state index contributed by atoms with van der Waals surface area (Å²) in [5.41, 5.74) is -0.00924. The topological polar surface area (TPSA) is 99.1 Å². The van der Waals surface area contributed by atoms with Crippen LogP contribution in [0.2, 0.25) is 0 Å². The summed E-state index contributed by atoms with van der Waals surface area (Å²) in [6, 6.07) is 0. The number of aliphatic carboxylic acids is 1. The Morgan fingerprint density at radius 2 is 1.91 bits per heavy atom. The van der Waals surface area contributed by atoms with E-state index in [9.17, 15) is 14.4 Å². The van der Waals surface area contributed by atoms with Crippen LogP contribution >= 0.6 is 0 Å². The largest absolute Gasteiger partial charge is 0.481 e. The van der Waals surface area contributed by atoms with Gasteiger partial charge in [-0.25, -0.2) is 9.78 Å². The SMILES string of the molecule is CCCn1c(=O)n(C)c(=O)c2c1nc(CCCC(=O)O)n2C. The van der Waals surface area contributed by atoms with Crippen molar-refractivity contribution < 1.29 is 9.90 Å². The number of hydrogen-bond acceptors (Lipinski definition) is 4. The molecule has 8 nitrogen and oxygen atoms in total. The smallest absolute Gasteiger partial charge is 0.332 e. The van der Waals surface area contributed by atoms with Gasteiger partial charge in [0.25, 0.3) is 5.56 Å². The third kappa shape index (κ3) is 2.68. The number of fused-ring (bicyclic) bond motifs is 1. The first kappa shape index (κ1) is 16.0. The first-order chi connectivity index (χ1) is 10.4. The predicted molar refractivity (Wildman–Crippen MR) is 81.1 cm³/mol. The standard InChI is InChI=1S/C14H20N4O4/c1-4-8-18-12-11(13(21)17(3)14(18)22)16(2)9(15-12)6-5-7-10(19)20/h4-8H2,1-3H3,(H,19,20). The number of carbonyl (C=O) groups is 1. The van der Waals surface area contributed by atoms with Gasteiger partial charge < -0.3 is 9.67 Å². The first-order valence-electron chi connectivity index (χ1n) is 7.25. The van der Waals surface area contributed by atoms with Gasteiger partial charge in [-0.05, 0) is 12.8 Å². The molecule has 0 fully saturated rings. The second-order valence-electron chi connectivity index (χ2n) is 5.30. The maximum Gasteiger partial charge on any atom is 0.332 e. The maximum atomic E-state index is 12.3. The average Bonchev–Trinajstić information content (AvgIpc) is 2.78. The number of nitrogens with zero attached hydrogens (tertiary/aromatic N) is 4. The molecule has 120 valence electrons. The zero-order chi connectivity index (χ0) is 16.4. The Morgan fingerprint density at radius 3 is 2.50 bits per heavy atom. The zero-order valence-corrected chi connectivity index (χ0v) is 13.0. The van der Waals surface area contributed by atoms with E-state index in [0.717, 1.165) is 11.0 Å².